The maximum atomic E-state index is 9.01. The average molecular weight is 268 g/mol. The third kappa shape index (κ3) is 2.35. The molecule has 19 heavy (non-hydrogen) atoms. The number of rotatable bonds is 3. The fourth-order valence-electron chi connectivity index (χ4n) is 1.98. The lowest BCUT2D eigenvalue weighted by molar-refractivity contribution is 0.647. The SMILES string of the molecule is N#CCC1(Sc2nc3ccccc3[nH]2)C=CC=CN1. The van der Waals surface area contributed by atoms with E-state index in [0.717, 1.165) is 16.2 Å². The summed E-state index contributed by atoms with van der Waals surface area (Å²) in [6.45, 7) is 0. The first-order chi connectivity index (χ1) is 9.31. The third-order valence-corrected chi connectivity index (χ3v) is 4.04. The van der Waals surface area contributed by atoms with Gasteiger partial charge in [-0.2, -0.15) is 5.26 Å². The van der Waals surface area contributed by atoms with Crippen molar-refractivity contribution in [3.05, 3.63) is 48.7 Å². The van der Waals surface area contributed by atoms with Gasteiger partial charge in [0.25, 0.3) is 0 Å². The number of thioether (sulfide) groups is 1. The Balaban J connectivity index is 1.92. The van der Waals surface area contributed by atoms with Gasteiger partial charge in [-0.1, -0.05) is 30.0 Å². The number of aromatic amines is 1. The van der Waals surface area contributed by atoms with Gasteiger partial charge in [-0.25, -0.2) is 4.98 Å². The molecule has 0 fully saturated rings. The average Bonchev–Trinajstić information content (AvgIpc) is 2.81. The number of aromatic nitrogens is 2. The highest BCUT2D eigenvalue weighted by atomic mass is 32.2. The number of para-hydroxylation sites is 2. The van der Waals surface area contributed by atoms with Crippen LogP contribution in [-0.4, -0.2) is 14.8 Å². The van der Waals surface area contributed by atoms with E-state index in [1.165, 1.54) is 11.8 Å². The van der Waals surface area contributed by atoms with Crippen LogP contribution >= 0.6 is 11.8 Å². The number of hydrogen-bond donors (Lipinski definition) is 2. The summed E-state index contributed by atoms with van der Waals surface area (Å²) in [7, 11) is 0. The number of nitrogens with zero attached hydrogens (tertiary/aromatic N) is 2. The van der Waals surface area contributed by atoms with Crippen LogP contribution in [0.15, 0.2) is 53.8 Å². The van der Waals surface area contributed by atoms with Crippen molar-refractivity contribution in [2.75, 3.05) is 0 Å². The minimum Gasteiger partial charge on any atom is -0.372 e. The monoisotopic (exact) mass is 268 g/mol. The lowest BCUT2D eigenvalue weighted by Gasteiger charge is -2.28. The summed E-state index contributed by atoms with van der Waals surface area (Å²) < 4.78 is 0. The lowest BCUT2D eigenvalue weighted by atomic mass is 10.1. The van der Waals surface area contributed by atoms with E-state index in [2.05, 4.69) is 21.4 Å². The lowest BCUT2D eigenvalue weighted by Crippen LogP contribution is -2.37. The Morgan fingerprint density at radius 1 is 1.32 bits per heavy atom. The molecule has 0 saturated heterocycles. The van der Waals surface area contributed by atoms with Crippen molar-refractivity contribution in [2.24, 2.45) is 0 Å². The van der Waals surface area contributed by atoms with Crippen molar-refractivity contribution in [2.45, 2.75) is 16.4 Å². The second-order valence-corrected chi connectivity index (χ2v) is 5.57. The predicted molar refractivity (Wildman–Crippen MR) is 76.3 cm³/mol. The number of nitrogens with one attached hydrogen (secondary N) is 2. The number of nitriles is 1. The minimum atomic E-state index is -0.447. The van der Waals surface area contributed by atoms with Crippen LogP contribution in [0.1, 0.15) is 6.42 Å². The van der Waals surface area contributed by atoms with Gasteiger partial charge in [-0.05, 0) is 30.5 Å². The molecule has 4 nitrogen and oxygen atoms in total. The van der Waals surface area contributed by atoms with Gasteiger partial charge in [0.05, 0.1) is 23.5 Å². The molecule has 1 unspecified atom stereocenters. The summed E-state index contributed by atoms with van der Waals surface area (Å²) in [5, 5.41) is 13.1. The van der Waals surface area contributed by atoms with E-state index in [1.807, 2.05) is 48.7 Å². The van der Waals surface area contributed by atoms with Crippen molar-refractivity contribution in [3.8, 4) is 6.07 Å². The molecule has 0 amide bonds. The summed E-state index contributed by atoms with van der Waals surface area (Å²) in [5.41, 5.74) is 1.94. The van der Waals surface area contributed by atoms with Crippen LogP contribution in [0.2, 0.25) is 0 Å². The van der Waals surface area contributed by atoms with E-state index >= 15 is 0 Å². The van der Waals surface area contributed by atoms with Gasteiger partial charge in [-0.15, -0.1) is 0 Å². The summed E-state index contributed by atoms with van der Waals surface area (Å²) in [6.07, 6.45) is 8.08. The molecule has 2 heterocycles. The van der Waals surface area contributed by atoms with E-state index < -0.39 is 4.87 Å². The molecule has 1 aliphatic heterocycles. The summed E-state index contributed by atoms with van der Waals surface area (Å²) in [5.74, 6) is 0. The molecule has 0 spiro atoms. The maximum absolute atomic E-state index is 9.01. The largest absolute Gasteiger partial charge is 0.372 e. The molecule has 0 aliphatic carbocycles. The molecule has 3 rings (SSSR count). The molecule has 1 aliphatic rings. The third-order valence-electron chi connectivity index (χ3n) is 2.89. The second-order valence-electron chi connectivity index (χ2n) is 4.25. The molecule has 0 saturated carbocycles. The fraction of sp³-hybridized carbons (Fsp3) is 0.143. The highest BCUT2D eigenvalue weighted by Gasteiger charge is 2.29. The Morgan fingerprint density at radius 3 is 2.95 bits per heavy atom. The molecule has 5 heteroatoms. The Hall–Kier alpha value is -2.19. The maximum Gasteiger partial charge on any atom is 0.168 e. The zero-order valence-electron chi connectivity index (χ0n) is 10.1. The number of dihydropyridines is 1. The molecule has 1 aromatic carbocycles. The molecular weight excluding hydrogens is 256 g/mol. The normalized spacial score (nSPS) is 21.2. The van der Waals surface area contributed by atoms with E-state index in [-0.39, 0.29) is 0 Å². The van der Waals surface area contributed by atoms with Crippen LogP contribution in [0, 0.1) is 11.3 Å². The van der Waals surface area contributed by atoms with E-state index in [0.29, 0.717) is 6.42 Å². The molecule has 2 aromatic rings. The van der Waals surface area contributed by atoms with Crippen molar-refractivity contribution in [3.63, 3.8) is 0 Å². The van der Waals surface area contributed by atoms with Crippen LogP contribution in [0.4, 0.5) is 0 Å². The quantitative estimate of drug-likeness (QED) is 0.898. The summed E-state index contributed by atoms with van der Waals surface area (Å²) in [6, 6.07) is 10.1. The van der Waals surface area contributed by atoms with Crippen molar-refractivity contribution >= 4 is 22.8 Å². The minimum absolute atomic E-state index is 0.371. The van der Waals surface area contributed by atoms with Gasteiger partial charge in [0, 0.05) is 0 Å². The second kappa shape index (κ2) is 4.82. The number of hydrogen-bond acceptors (Lipinski definition) is 4. The van der Waals surface area contributed by atoms with Crippen LogP contribution in [0.5, 0.6) is 0 Å². The first-order valence-corrected chi connectivity index (χ1v) is 6.76. The van der Waals surface area contributed by atoms with Gasteiger partial charge in [0.2, 0.25) is 0 Å². The van der Waals surface area contributed by atoms with Gasteiger partial charge >= 0.3 is 0 Å². The van der Waals surface area contributed by atoms with Crippen LogP contribution in [0.3, 0.4) is 0 Å². The number of benzene rings is 1. The van der Waals surface area contributed by atoms with Crippen LogP contribution in [0.25, 0.3) is 11.0 Å². The van der Waals surface area contributed by atoms with E-state index in [4.69, 9.17) is 5.26 Å². The zero-order chi connectivity index (χ0) is 13.1. The Morgan fingerprint density at radius 2 is 2.21 bits per heavy atom. The van der Waals surface area contributed by atoms with E-state index in [1.54, 1.807) is 0 Å². The highest BCUT2D eigenvalue weighted by Crippen LogP contribution is 2.35. The molecule has 1 aromatic heterocycles. The molecule has 0 bridgehead atoms. The zero-order valence-corrected chi connectivity index (χ0v) is 10.9. The molecule has 2 N–H and O–H groups in total. The van der Waals surface area contributed by atoms with Gasteiger partial charge in [-0.3, -0.25) is 0 Å². The molecular formula is C14H12N4S. The molecule has 94 valence electrons. The number of imidazole rings is 1. The highest BCUT2D eigenvalue weighted by molar-refractivity contribution is 8.00. The first kappa shape index (κ1) is 11.9. The van der Waals surface area contributed by atoms with Gasteiger partial charge in [0.1, 0.15) is 4.87 Å². The molecule has 0 radical (unpaired) electrons. The standard InChI is InChI=1S/C14H12N4S/c15-9-8-14(7-3-4-10-16-14)19-13-17-11-5-1-2-6-12(11)18-13/h1-7,10,16H,8H2,(H,17,18). The van der Waals surface area contributed by atoms with Gasteiger partial charge in [0.15, 0.2) is 5.16 Å². The summed E-state index contributed by atoms with van der Waals surface area (Å²) in [4.78, 5) is 7.36. The summed E-state index contributed by atoms with van der Waals surface area (Å²) >= 11 is 1.52. The number of fused-ring (bicyclic) bond motifs is 1. The van der Waals surface area contributed by atoms with Crippen LogP contribution < -0.4 is 5.32 Å². The molecule has 1 atom stereocenters. The Bertz CT molecular complexity index is 662. The van der Waals surface area contributed by atoms with Crippen molar-refractivity contribution in [1.82, 2.24) is 15.3 Å². The van der Waals surface area contributed by atoms with Crippen LogP contribution in [-0.2, 0) is 0 Å². The van der Waals surface area contributed by atoms with Crippen molar-refractivity contribution in [1.29, 1.82) is 5.26 Å². The topological polar surface area (TPSA) is 64.5 Å². The van der Waals surface area contributed by atoms with Crippen molar-refractivity contribution < 1.29 is 0 Å². The van der Waals surface area contributed by atoms with Gasteiger partial charge < -0.3 is 10.3 Å². The predicted octanol–water partition coefficient (Wildman–Crippen LogP) is 2.94. The first-order valence-electron chi connectivity index (χ1n) is 5.94. The number of H-pyrrole nitrogens is 1. The van der Waals surface area contributed by atoms with E-state index in [9.17, 15) is 0 Å². The Labute approximate surface area is 115 Å². The smallest absolute Gasteiger partial charge is 0.168 e. The number of allylic oxidation sites excluding steroid dienone is 2. The fourth-order valence-corrected chi connectivity index (χ4v) is 3.04. The Kier molecular flexibility index (Phi) is 3.02.